The van der Waals surface area contributed by atoms with Crippen LogP contribution in [0.25, 0.3) is 5.69 Å². The van der Waals surface area contributed by atoms with Crippen molar-refractivity contribution in [3.05, 3.63) is 81.3 Å². The molecule has 0 saturated heterocycles. The van der Waals surface area contributed by atoms with E-state index in [4.69, 9.17) is 4.74 Å². The lowest BCUT2D eigenvalue weighted by Crippen LogP contribution is -2.25. The number of aromatic nitrogens is 2. The van der Waals surface area contributed by atoms with E-state index < -0.39 is 5.91 Å². The molecule has 7 heteroatoms. The van der Waals surface area contributed by atoms with Gasteiger partial charge in [-0.25, -0.2) is 10.1 Å². The third-order valence-corrected chi connectivity index (χ3v) is 4.27. The fourth-order valence-corrected chi connectivity index (χ4v) is 2.84. The summed E-state index contributed by atoms with van der Waals surface area (Å²) in [5.41, 5.74) is 5.81. The Kier molecular flexibility index (Phi) is 5.74. The zero-order valence-electron chi connectivity index (χ0n) is 16.0. The van der Waals surface area contributed by atoms with E-state index in [1.807, 2.05) is 62.4 Å². The van der Waals surface area contributed by atoms with E-state index in [9.17, 15) is 9.59 Å². The normalized spacial score (nSPS) is 11.0. The molecule has 0 spiro atoms. The van der Waals surface area contributed by atoms with Crippen LogP contribution in [0.4, 0.5) is 0 Å². The molecule has 0 aliphatic rings. The van der Waals surface area contributed by atoms with Crippen molar-refractivity contribution in [3.63, 3.8) is 0 Å². The highest BCUT2D eigenvalue weighted by molar-refractivity contribution is 5.83. The summed E-state index contributed by atoms with van der Waals surface area (Å²) in [4.78, 5) is 24.5. The number of benzene rings is 2. The average molecular weight is 378 g/mol. The van der Waals surface area contributed by atoms with E-state index in [0.717, 1.165) is 16.8 Å². The number of amides is 1. The van der Waals surface area contributed by atoms with Gasteiger partial charge in [0.1, 0.15) is 5.75 Å². The van der Waals surface area contributed by atoms with Gasteiger partial charge in [-0.05, 0) is 44.0 Å². The summed E-state index contributed by atoms with van der Waals surface area (Å²) in [7, 11) is 0. The number of rotatable bonds is 6. The molecule has 2 N–H and O–H groups in total. The number of ether oxygens (including phenoxy) is 1. The van der Waals surface area contributed by atoms with Gasteiger partial charge >= 0.3 is 0 Å². The Bertz CT molecular complexity index is 1040. The molecule has 1 amide bonds. The van der Waals surface area contributed by atoms with Crippen LogP contribution in [0.15, 0.2) is 58.4 Å². The van der Waals surface area contributed by atoms with Crippen molar-refractivity contribution in [2.24, 2.45) is 5.10 Å². The second kappa shape index (κ2) is 8.39. The van der Waals surface area contributed by atoms with Gasteiger partial charge in [0.2, 0.25) is 0 Å². The van der Waals surface area contributed by atoms with E-state index in [0.29, 0.717) is 17.0 Å². The van der Waals surface area contributed by atoms with Gasteiger partial charge in [-0.1, -0.05) is 36.4 Å². The van der Waals surface area contributed by atoms with Gasteiger partial charge in [-0.3, -0.25) is 14.7 Å². The smallest absolute Gasteiger partial charge is 0.280 e. The van der Waals surface area contributed by atoms with Gasteiger partial charge < -0.3 is 4.74 Å². The summed E-state index contributed by atoms with van der Waals surface area (Å²) >= 11 is 0. The molecule has 0 aliphatic heterocycles. The van der Waals surface area contributed by atoms with Crippen LogP contribution in [0.1, 0.15) is 22.4 Å². The Morgan fingerprint density at radius 1 is 1.11 bits per heavy atom. The topological polar surface area (TPSA) is 88.5 Å². The standard InChI is InChI=1S/C21H22N4O3/c1-14-8-7-9-15(2)20(14)28-13-19(26)23-22-12-18-16(3)24-25(21(18)27)17-10-5-4-6-11-17/h4-12,24H,13H2,1-3H3,(H,23,26)/b22-12-. The number of aromatic amines is 1. The fourth-order valence-electron chi connectivity index (χ4n) is 2.84. The maximum atomic E-state index is 12.6. The summed E-state index contributed by atoms with van der Waals surface area (Å²) in [6.45, 7) is 5.45. The van der Waals surface area contributed by atoms with E-state index >= 15 is 0 Å². The number of aryl methyl sites for hydroxylation is 3. The lowest BCUT2D eigenvalue weighted by Gasteiger charge is -2.10. The minimum Gasteiger partial charge on any atom is -0.483 e. The first-order valence-corrected chi connectivity index (χ1v) is 8.85. The highest BCUT2D eigenvalue weighted by Crippen LogP contribution is 2.21. The van der Waals surface area contributed by atoms with Crippen molar-refractivity contribution >= 4 is 12.1 Å². The van der Waals surface area contributed by atoms with Crippen molar-refractivity contribution in [3.8, 4) is 11.4 Å². The van der Waals surface area contributed by atoms with Gasteiger partial charge in [0.15, 0.2) is 6.61 Å². The zero-order chi connectivity index (χ0) is 20.1. The number of nitrogens with zero attached hydrogens (tertiary/aromatic N) is 2. The minimum atomic E-state index is -0.407. The number of H-pyrrole nitrogens is 1. The van der Waals surface area contributed by atoms with Gasteiger partial charge in [0.05, 0.1) is 17.5 Å². The van der Waals surface area contributed by atoms with E-state index in [-0.39, 0.29) is 12.2 Å². The molecule has 2 aromatic carbocycles. The average Bonchev–Trinajstić information content (AvgIpc) is 2.96. The van der Waals surface area contributed by atoms with Crippen LogP contribution < -0.4 is 15.7 Å². The summed E-state index contributed by atoms with van der Waals surface area (Å²) in [6.07, 6.45) is 1.34. The highest BCUT2D eigenvalue weighted by atomic mass is 16.5. The third kappa shape index (κ3) is 4.20. The first-order chi connectivity index (χ1) is 13.5. The molecule has 0 fully saturated rings. The number of hydrazone groups is 1. The van der Waals surface area contributed by atoms with Gasteiger partial charge in [0, 0.05) is 5.69 Å². The predicted octanol–water partition coefficient (Wildman–Crippen LogP) is 2.62. The minimum absolute atomic E-state index is 0.163. The molecule has 1 aromatic heterocycles. The van der Waals surface area contributed by atoms with Crippen LogP contribution in [0.5, 0.6) is 5.75 Å². The molecule has 0 atom stereocenters. The quantitative estimate of drug-likeness (QED) is 0.510. The van der Waals surface area contributed by atoms with Crippen LogP contribution >= 0.6 is 0 Å². The van der Waals surface area contributed by atoms with Crippen LogP contribution in [-0.2, 0) is 4.79 Å². The largest absolute Gasteiger partial charge is 0.483 e. The molecule has 28 heavy (non-hydrogen) atoms. The Hall–Kier alpha value is -3.61. The molecule has 7 nitrogen and oxygen atoms in total. The Labute approximate surface area is 162 Å². The van der Waals surface area contributed by atoms with E-state index in [1.165, 1.54) is 10.9 Å². The number of hydrogen-bond donors (Lipinski definition) is 2. The lowest BCUT2D eigenvalue weighted by atomic mass is 10.1. The molecular weight excluding hydrogens is 356 g/mol. The number of para-hydroxylation sites is 2. The van der Waals surface area contributed by atoms with Crippen LogP contribution in [-0.4, -0.2) is 28.5 Å². The monoisotopic (exact) mass is 378 g/mol. The van der Waals surface area contributed by atoms with Crippen LogP contribution in [0.2, 0.25) is 0 Å². The molecule has 0 radical (unpaired) electrons. The molecule has 0 bridgehead atoms. The van der Waals surface area contributed by atoms with E-state index in [1.54, 1.807) is 6.92 Å². The predicted molar refractivity (Wildman–Crippen MR) is 108 cm³/mol. The summed E-state index contributed by atoms with van der Waals surface area (Å²) in [5.74, 6) is 0.282. The summed E-state index contributed by atoms with van der Waals surface area (Å²) in [5, 5.41) is 6.89. The van der Waals surface area contributed by atoms with Crippen molar-refractivity contribution < 1.29 is 9.53 Å². The number of carbonyl (C=O) groups excluding carboxylic acids is 1. The molecule has 0 unspecified atom stereocenters. The second-order valence-electron chi connectivity index (χ2n) is 6.43. The van der Waals surface area contributed by atoms with Crippen LogP contribution in [0, 0.1) is 20.8 Å². The van der Waals surface area contributed by atoms with Gasteiger partial charge in [-0.15, -0.1) is 0 Å². The first-order valence-electron chi connectivity index (χ1n) is 8.85. The van der Waals surface area contributed by atoms with Crippen molar-refractivity contribution in [1.29, 1.82) is 0 Å². The lowest BCUT2D eigenvalue weighted by molar-refractivity contribution is -0.123. The molecule has 0 saturated carbocycles. The van der Waals surface area contributed by atoms with Crippen molar-refractivity contribution in [1.82, 2.24) is 15.2 Å². The molecular formula is C21H22N4O3. The van der Waals surface area contributed by atoms with E-state index in [2.05, 4.69) is 15.6 Å². The van der Waals surface area contributed by atoms with Gasteiger partial charge in [-0.2, -0.15) is 5.10 Å². The fraction of sp³-hybridized carbons (Fsp3) is 0.190. The molecule has 3 aromatic rings. The van der Waals surface area contributed by atoms with Crippen molar-refractivity contribution in [2.45, 2.75) is 20.8 Å². The maximum absolute atomic E-state index is 12.6. The molecule has 1 heterocycles. The molecule has 3 rings (SSSR count). The number of nitrogens with one attached hydrogen (secondary N) is 2. The second-order valence-corrected chi connectivity index (χ2v) is 6.43. The third-order valence-electron chi connectivity index (χ3n) is 4.27. The Balaban J connectivity index is 1.64. The van der Waals surface area contributed by atoms with Crippen LogP contribution in [0.3, 0.4) is 0 Å². The van der Waals surface area contributed by atoms with Gasteiger partial charge in [0.25, 0.3) is 11.5 Å². The van der Waals surface area contributed by atoms with Crippen molar-refractivity contribution in [2.75, 3.05) is 6.61 Å². The SMILES string of the molecule is Cc1cccc(C)c1OCC(=O)N/N=C\c1c(C)[nH]n(-c2ccccc2)c1=O. The Morgan fingerprint density at radius 2 is 1.79 bits per heavy atom. The molecule has 144 valence electrons. The Morgan fingerprint density at radius 3 is 2.46 bits per heavy atom. The zero-order valence-corrected chi connectivity index (χ0v) is 16.0. The summed E-state index contributed by atoms with van der Waals surface area (Å²) < 4.78 is 7.02. The molecule has 0 aliphatic carbocycles. The first kappa shape index (κ1) is 19.2. The number of carbonyl (C=O) groups is 1. The number of hydrogen-bond acceptors (Lipinski definition) is 4. The maximum Gasteiger partial charge on any atom is 0.280 e. The summed E-state index contributed by atoms with van der Waals surface area (Å²) in [6, 6.07) is 15.0. The highest BCUT2D eigenvalue weighted by Gasteiger charge is 2.11.